The van der Waals surface area contributed by atoms with E-state index >= 15 is 0 Å². The van der Waals surface area contributed by atoms with E-state index in [1.54, 1.807) is 24.3 Å². The van der Waals surface area contributed by atoms with Crippen LogP contribution in [0.5, 0.6) is 5.75 Å². The van der Waals surface area contributed by atoms with Crippen LogP contribution in [-0.4, -0.2) is 41.6 Å². The Morgan fingerprint density at radius 2 is 1.96 bits per heavy atom. The Bertz CT molecular complexity index is 916. The molecule has 0 saturated carbocycles. The van der Waals surface area contributed by atoms with E-state index < -0.39 is 40.4 Å². The maximum Gasteiger partial charge on any atom is 0.315 e. The number of likely N-dealkylation sites (tertiary alicyclic amines) is 1. The van der Waals surface area contributed by atoms with Crippen molar-refractivity contribution in [3.8, 4) is 5.75 Å². The van der Waals surface area contributed by atoms with Gasteiger partial charge in [-0.05, 0) is 24.3 Å². The van der Waals surface area contributed by atoms with Crippen molar-refractivity contribution in [1.82, 2.24) is 4.90 Å². The standard InChI is InChI=1S/C19H15F2NO4/c20-11-5-6-15(21)13(7-11)17(23)22-8-14-12-3-1-2-4-16(12)26-10-19(14,9-22)18(24)25/h1-7,14H,8-10H2,(H,24,25)/t14-,19-/m0/s1. The number of carbonyl (C=O) groups excluding carboxylic acids is 1. The number of carboxylic acid groups (broad SMARTS) is 1. The summed E-state index contributed by atoms with van der Waals surface area (Å²) in [5, 5.41) is 9.84. The second-order valence-corrected chi connectivity index (χ2v) is 6.65. The van der Waals surface area contributed by atoms with Gasteiger partial charge >= 0.3 is 5.97 Å². The Morgan fingerprint density at radius 3 is 2.73 bits per heavy atom. The van der Waals surface area contributed by atoms with Gasteiger partial charge in [0.25, 0.3) is 5.91 Å². The molecule has 1 N–H and O–H groups in total. The lowest BCUT2D eigenvalue weighted by atomic mass is 9.73. The number of carbonyl (C=O) groups is 2. The van der Waals surface area contributed by atoms with Gasteiger partial charge in [-0.3, -0.25) is 9.59 Å². The molecular weight excluding hydrogens is 344 g/mol. The average Bonchev–Trinajstić information content (AvgIpc) is 3.05. The Hall–Kier alpha value is -2.96. The molecule has 2 atom stereocenters. The molecular formula is C19H15F2NO4. The first kappa shape index (κ1) is 16.5. The van der Waals surface area contributed by atoms with Crippen molar-refractivity contribution < 1.29 is 28.2 Å². The highest BCUT2D eigenvalue weighted by Gasteiger charge is 2.57. The molecule has 134 valence electrons. The smallest absolute Gasteiger partial charge is 0.315 e. The molecule has 2 aromatic rings. The van der Waals surface area contributed by atoms with Gasteiger partial charge < -0.3 is 14.7 Å². The molecule has 5 nitrogen and oxygen atoms in total. The lowest BCUT2D eigenvalue weighted by Gasteiger charge is -2.35. The number of para-hydroxylation sites is 1. The van der Waals surface area contributed by atoms with Crippen LogP contribution in [0.3, 0.4) is 0 Å². The molecule has 0 bridgehead atoms. The Kier molecular flexibility index (Phi) is 3.68. The lowest BCUT2D eigenvalue weighted by Crippen LogP contribution is -2.46. The summed E-state index contributed by atoms with van der Waals surface area (Å²) in [4.78, 5) is 26.0. The molecule has 0 aromatic heterocycles. The highest BCUT2D eigenvalue weighted by Crippen LogP contribution is 2.49. The topological polar surface area (TPSA) is 66.8 Å². The predicted molar refractivity (Wildman–Crippen MR) is 87.0 cm³/mol. The first-order valence-corrected chi connectivity index (χ1v) is 8.12. The van der Waals surface area contributed by atoms with Crippen LogP contribution in [0.4, 0.5) is 8.78 Å². The molecule has 26 heavy (non-hydrogen) atoms. The van der Waals surface area contributed by atoms with Crippen LogP contribution in [0, 0.1) is 17.0 Å². The number of nitrogens with zero attached hydrogens (tertiary/aromatic N) is 1. The third-order valence-corrected chi connectivity index (χ3v) is 5.19. The van der Waals surface area contributed by atoms with Gasteiger partial charge in [-0.2, -0.15) is 0 Å². The fourth-order valence-corrected chi connectivity index (χ4v) is 3.82. The summed E-state index contributed by atoms with van der Waals surface area (Å²) in [5.74, 6) is -3.27. The second-order valence-electron chi connectivity index (χ2n) is 6.65. The number of rotatable bonds is 2. The van der Waals surface area contributed by atoms with Crippen LogP contribution in [0.1, 0.15) is 21.8 Å². The van der Waals surface area contributed by atoms with Crippen LogP contribution >= 0.6 is 0 Å². The van der Waals surface area contributed by atoms with Crippen molar-refractivity contribution >= 4 is 11.9 Å². The molecule has 2 heterocycles. The van der Waals surface area contributed by atoms with Crippen molar-refractivity contribution in [1.29, 1.82) is 0 Å². The first-order valence-electron chi connectivity index (χ1n) is 8.12. The molecule has 2 aliphatic heterocycles. The van der Waals surface area contributed by atoms with Crippen LogP contribution in [-0.2, 0) is 4.79 Å². The maximum absolute atomic E-state index is 14.0. The Labute approximate surface area is 147 Å². The first-order chi connectivity index (χ1) is 12.4. The molecule has 0 unspecified atom stereocenters. The maximum atomic E-state index is 14.0. The number of carboxylic acids is 1. The fourth-order valence-electron chi connectivity index (χ4n) is 3.82. The normalized spacial score (nSPS) is 23.8. The van der Waals surface area contributed by atoms with E-state index in [1.807, 2.05) is 0 Å². The number of hydrogen-bond acceptors (Lipinski definition) is 3. The van der Waals surface area contributed by atoms with E-state index in [9.17, 15) is 23.5 Å². The van der Waals surface area contributed by atoms with E-state index in [1.165, 1.54) is 4.90 Å². The number of hydrogen-bond donors (Lipinski definition) is 1. The molecule has 2 aliphatic rings. The number of amides is 1. The van der Waals surface area contributed by atoms with Crippen LogP contribution in [0.25, 0.3) is 0 Å². The van der Waals surface area contributed by atoms with Gasteiger partial charge in [0.05, 0.1) is 5.56 Å². The summed E-state index contributed by atoms with van der Waals surface area (Å²) in [6.07, 6.45) is 0. The van der Waals surface area contributed by atoms with Crippen LogP contribution in [0.15, 0.2) is 42.5 Å². The zero-order chi connectivity index (χ0) is 18.5. The Balaban J connectivity index is 1.73. The van der Waals surface area contributed by atoms with Gasteiger partial charge in [0.2, 0.25) is 0 Å². The lowest BCUT2D eigenvalue weighted by molar-refractivity contribution is -0.151. The molecule has 7 heteroatoms. The summed E-state index contributed by atoms with van der Waals surface area (Å²) in [6, 6.07) is 9.72. The van der Waals surface area contributed by atoms with Gasteiger partial charge in [-0.15, -0.1) is 0 Å². The van der Waals surface area contributed by atoms with Crippen molar-refractivity contribution in [2.45, 2.75) is 5.92 Å². The second kappa shape index (κ2) is 5.79. The summed E-state index contributed by atoms with van der Waals surface area (Å²) < 4.78 is 33.0. The summed E-state index contributed by atoms with van der Waals surface area (Å²) in [5.41, 5.74) is -1.01. The molecule has 1 amide bonds. The molecule has 4 rings (SSSR count). The third-order valence-electron chi connectivity index (χ3n) is 5.19. The predicted octanol–water partition coefficient (Wildman–Crippen LogP) is 2.67. The molecule has 1 fully saturated rings. The molecule has 2 aromatic carbocycles. The minimum atomic E-state index is -1.31. The number of aliphatic carboxylic acids is 1. The highest BCUT2D eigenvalue weighted by molar-refractivity contribution is 5.95. The van der Waals surface area contributed by atoms with Crippen molar-refractivity contribution in [2.24, 2.45) is 5.41 Å². The minimum absolute atomic E-state index is 0.0839. The van der Waals surface area contributed by atoms with Gasteiger partial charge in [-0.25, -0.2) is 8.78 Å². The number of benzene rings is 2. The summed E-state index contributed by atoms with van der Waals surface area (Å²) in [6.45, 7) is -0.114. The van der Waals surface area contributed by atoms with Crippen molar-refractivity contribution in [3.05, 3.63) is 65.2 Å². The fraction of sp³-hybridized carbons (Fsp3) is 0.263. The van der Waals surface area contributed by atoms with E-state index in [-0.39, 0.29) is 19.7 Å². The zero-order valence-corrected chi connectivity index (χ0v) is 13.6. The molecule has 0 aliphatic carbocycles. The molecule has 0 radical (unpaired) electrons. The van der Waals surface area contributed by atoms with Gasteiger partial charge in [0.1, 0.15) is 29.4 Å². The van der Waals surface area contributed by atoms with Crippen molar-refractivity contribution in [2.75, 3.05) is 19.7 Å². The van der Waals surface area contributed by atoms with Gasteiger partial charge in [0, 0.05) is 24.6 Å². The van der Waals surface area contributed by atoms with Crippen molar-refractivity contribution in [3.63, 3.8) is 0 Å². The number of ether oxygens (including phenoxy) is 1. The van der Waals surface area contributed by atoms with E-state index in [4.69, 9.17) is 4.74 Å². The monoisotopic (exact) mass is 359 g/mol. The van der Waals surface area contributed by atoms with E-state index in [0.717, 1.165) is 18.2 Å². The van der Waals surface area contributed by atoms with Crippen LogP contribution < -0.4 is 4.74 Å². The van der Waals surface area contributed by atoms with E-state index in [0.29, 0.717) is 11.3 Å². The average molecular weight is 359 g/mol. The highest BCUT2D eigenvalue weighted by atomic mass is 19.1. The SMILES string of the molecule is O=C(c1cc(F)ccc1F)N1C[C@H]2c3ccccc3OC[C@@]2(C(=O)O)C1. The van der Waals surface area contributed by atoms with Gasteiger partial charge in [0.15, 0.2) is 0 Å². The van der Waals surface area contributed by atoms with Gasteiger partial charge in [-0.1, -0.05) is 18.2 Å². The summed E-state index contributed by atoms with van der Waals surface area (Å²) in [7, 11) is 0. The number of fused-ring (bicyclic) bond motifs is 3. The summed E-state index contributed by atoms with van der Waals surface area (Å²) >= 11 is 0. The largest absolute Gasteiger partial charge is 0.492 e. The quantitative estimate of drug-likeness (QED) is 0.895. The molecule has 0 spiro atoms. The molecule has 1 saturated heterocycles. The number of halogens is 2. The van der Waals surface area contributed by atoms with Crippen LogP contribution in [0.2, 0.25) is 0 Å². The Morgan fingerprint density at radius 1 is 1.19 bits per heavy atom. The van der Waals surface area contributed by atoms with E-state index in [2.05, 4.69) is 0 Å². The minimum Gasteiger partial charge on any atom is -0.492 e. The zero-order valence-electron chi connectivity index (χ0n) is 13.6. The third kappa shape index (κ3) is 2.34.